The van der Waals surface area contributed by atoms with Gasteiger partial charge < -0.3 is 15.5 Å². The highest BCUT2D eigenvalue weighted by Crippen LogP contribution is 2.20. The molecule has 6 heteroatoms. The third-order valence-corrected chi connectivity index (χ3v) is 4.37. The first-order valence-electron chi connectivity index (χ1n) is 8.57. The zero-order chi connectivity index (χ0) is 18.4. The van der Waals surface area contributed by atoms with E-state index in [1.54, 1.807) is 29.2 Å². The van der Waals surface area contributed by atoms with E-state index in [1.807, 2.05) is 30.3 Å². The van der Waals surface area contributed by atoms with Crippen molar-refractivity contribution in [3.63, 3.8) is 0 Å². The number of nitrogens with zero attached hydrogens (tertiary/aromatic N) is 2. The van der Waals surface area contributed by atoms with E-state index in [2.05, 4.69) is 16.7 Å². The summed E-state index contributed by atoms with van der Waals surface area (Å²) in [4.78, 5) is 26.7. The molecule has 1 aliphatic rings. The van der Waals surface area contributed by atoms with Crippen molar-refractivity contribution in [2.45, 2.75) is 18.9 Å². The van der Waals surface area contributed by atoms with Crippen molar-refractivity contribution >= 4 is 23.2 Å². The average molecular weight is 348 g/mol. The van der Waals surface area contributed by atoms with Crippen LogP contribution in [-0.2, 0) is 9.59 Å². The number of carbonyl (C=O) groups is 2. The smallest absolute Gasteiger partial charge is 0.247 e. The number of amides is 2. The van der Waals surface area contributed by atoms with Crippen molar-refractivity contribution in [2.75, 3.05) is 23.7 Å². The fraction of sp³-hybridized carbons (Fsp3) is 0.250. The average Bonchev–Trinajstić information content (AvgIpc) is 3.17. The lowest BCUT2D eigenvalue weighted by Crippen LogP contribution is -2.45. The summed E-state index contributed by atoms with van der Waals surface area (Å²) in [6.07, 6.45) is 1.48. The summed E-state index contributed by atoms with van der Waals surface area (Å²) in [5.74, 6) is -0.263. The Morgan fingerprint density at radius 3 is 2.50 bits per heavy atom. The van der Waals surface area contributed by atoms with E-state index in [-0.39, 0.29) is 18.4 Å². The predicted molar refractivity (Wildman–Crippen MR) is 99.5 cm³/mol. The molecule has 0 aromatic heterocycles. The highest BCUT2D eigenvalue weighted by Gasteiger charge is 2.33. The van der Waals surface area contributed by atoms with Gasteiger partial charge in [-0.1, -0.05) is 18.2 Å². The molecule has 1 atom stereocenters. The summed E-state index contributed by atoms with van der Waals surface area (Å²) in [5.41, 5.74) is 2.06. The maximum absolute atomic E-state index is 12.5. The minimum Gasteiger partial charge on any atom is -0.376 e. The van der Waals surface area contributed by atoms with Crippen molar-refractivity contribution in [2.24, 2.45) is 0 Å². The van der Waals surface area contributed by atoms with Crippen molar-refractivity contribution in [1.82, 2.24) is 4.90 Å². The molecule has 1 fully saturated rings. The Kier molecular flexibility index (Phi) is 5.49. The second-order valence-electron chi connectivity index (χ2n) is 6.14. The molecule has 2 aromatic rings. The number of nitriles is 1. The van der Waals surface area contributed by atoms with Crippen LogP contribution in [0.2, 0.25) is 0 Å². The fourth-order valence-corrected chi connectivity index (χ4v) is 3.03. The molecular formula is C20H20N4O2. The summed E-state index contributed by atoms with van der Waals surface area (Å²) in [6.45, 7) is 0.696. The van der Waals surface area contributed by atoms with Crippen LogP contribution >= 0.6 is 0 Å². The Bertz CT molecular complexity index is 812. The van der Waals surface area contributed by atoms with Gasteiger partial charge in [-0.25, -0.2) is 0 Å². The second kappa shape index (κ2) is 8.17. The molecule has 1 unspecified atom stereocenters. The molecule has 132 valence electrons. The van der Waals surface area contributed by atoms with Gasteiger partial charge >= 0.3 is 0 Å². The quantitative estimate of drug-likeness (QED) is 0.870. The molecule has 26 heavy (non-hydrogen) atoms. The zero-order valence-corrected chi connectivity index (χ0v) is 14.3. The Morgan fingerprint density at radius 1 is 1.08 bits per heavy atom. The summed E-state index contributed by atoms with van der Waals surface area (Å²) >= 11 is 0. The van der Waals surface area contributed by atoms with Gasteiger partial charge in [0.25, 0.3) is 0 Å². The largest absolute Gasteiger partial charge is 0.376 e. The lowest BCUT2D eigenvalue weighted by molar-refractivity contribution is -0.135. The van der Waals surface area contributed by atoms with E-state index >= 15 is 0 Å². The van der Waals surface area contributed by atoms with E-state index in [1.165, 1.54) is 0 Å². The molecule has 1 heterocycles. The normalized spacial score (nSPS) is 16.0. The summed E-state index contributed by atoms with van der Waals surface area (Å²) in [7, 11) is 0. The van der Waals surface area contributed by atoms with Crippen LogP contribution in [0, 0.1) is 11.3 Å². The van der Waals surface area contributed by atoms with E-state index in [9.17, 15) is 9.59 Å². The van der Waals surface area contributed by atoms with Crippen LogP contribution in [-0.4, -0.2) is 35.8 Å². The number of nitrogens with one attached hydrogen (secondary N) is 2. The number of carbonyl (C=O) groups excluding carboxylic acids is 2. The van der Waals surface area contributed by atoms with Crippen LogP contribution in [0.15, 0.2) is 54.6 Å². The standard InChI is InChI=1S/C20H20N4O2/c21-13-15-8-10-16(11-9-15)22-14-19(25)24-12-4-7-18(24)20(26)23-17-5-2-1-3-6-17/h1-3,5-6,8-11,18,22H,4,7,12,14H2,(H,23,26). The lowest BCUT2D eigenvalue weighted by Gasteiger charge is -2.24. The molecule has 3 rings (SSSR count). The topological polar surface area (TPSA) is 85.2 Å². The van der Waals surface area contributed by atoms with Crippen LogP contribution < -0.4 is 10.6 Å². The number of hydrogen-bond donors (Lipinski definition) is 2. The maximum atomic E-state index is 12.5. The van der Waals surface area contributed by atoms with Crippen molar-refractivity contribution in [3.05, 3.63) is 60.2 Å². The number of hydrogen-bond acceptors (Lipinski definition) is 4. The van der Waals surface area contributed by atoms with Gasteiger partial charge in [0.05, 0.1) is 18.2 Å². The number of benzene rings is 2. The molecule has 1 aliphatic heterocycles. The molecule has 2 N–H and O–H groups in total. The molecule has 0 radical (unpaired) electrons. The fourth-order valence-electron chi connectivity index (χ4n) is 3.03. The van der Waals surface area contributed by atoms with Crippen LogP contribution in [0.4, 0.5) is 11.4 Å². The van der Waals surface area contributed by atoms with E-state index in [0.717, 1.165) is 17.8 Å². The van der Waals surface area contributed by atoms with E-state index in [4.69, 9.17) is 5.26 Å². The molecule has 0 saturated carbocycles. The van der Waals surface area contributed by atoms with Crippen molar-refractivity contribution < 1.29 is 9.59 Å². The number of rotatable bonds is 5. The van der Waals surface area contributed by atoms with Gasteiger partial charge in [-0.3, -0.25) is 9.59 Å². The monoisotopic (exact) mass is 348 g/mol. The third kappa shape index (κ3) is 4.19. The molecular weight excluding hydrogens is 328 g/mol. The first-order chi connectivity index (χ1) is 12.7. The van der Waals surface area contributed by atoms with E-state index in [0.29, 0.717) is 18.5 Å². The lowest BCUT2D eigenvalue weighted by atomic mass is 10.2. The number of likely N-dealkylation sites (tertiary alicyclic amines) is 1. The predicted octanol–water partition coefficient (Wildman–Crippen LogP) is 2.60. The Labute approximate surface area is 152 Å². The molecule has 2 aromatic carbocycles. The van der Waals surface area contributed by atoms with Crippen LogP contribution in [0.1, 0.15) is 18.4 Å². The van der Waals surface area contributed by atoms with Crippen LogP contribution in [0.5, 0.6) is 0 Å². The minimum atomic E-state index is -0.439. The SMILES string of the molecule is N#Cc1ccc(NCC(=O)N2CCCC2C(=O)Nc2ccccc2)cc1. The molecule has 2 amide bonds. The van der Waals surface area contributed by atoms with E-state index < -0.39 is 6.04 Å². The molecule has 0 bridgehead atoms. The Morgan fingerprint density at radius 2 is 1.81 bits per heavy atom. The minimum absolute atomic E-state index is 0.111. The van der Waals surface area contributed by atoms with Crippen LogP contribution in [0.3, 0.4) is 0 Å². The van der Waals surface area contributed by atoms with Crippen molar-refractivity contribution in [3.8, 4) is 6.07 Å². The maximum Gasteiger partial charge on any atom is 0.247 e. The Hall–Kier alpha value is -3.33. The first-order valence-corrected chi connectivity index (χ1v) is 8.57. The molecule has 0 spiro atoms. The molecule has 1 saturated heterocycles. The highest BCUT2D eigenvalue weighted by atomic mass is 16.2. The molecule has 6 nitrogen and oxygen atoms in total. The van der Waals surface area contributed by atoms with Gasteiger partial charge in [-0.15, -0.1) is 0 Å². The van der Waals surface area contributed by atoms with Gasteiger partial charge in [0.15, 0.2) is 0 Å². The summed E-state index contributed by atoms with van der Waals surface area (Å²) in [5, 5.41) is 14.7. The van der Waals surface area contributed by atoms with Gasteiger partial charge in [0.2, 0.25) is 11.8 Å². The molecule has 0 aliphatic carbocycles. The van der Waals surface area contributed by atoms with Crippen LogP contribution in [0.25, 0.3) is 0 Å². The number of anilines is 2. The Balaban J connectivity index is 1.57. The third-order valence-electron chi connectivity index (χ3n) is 4.37. The van der Waals surface area contributed by atoms with Gasteiger partial charge in [-0.05, 0) is 49.2 Å². The van der Waals surface area contributed by atoms with Crippen molar-refractivity contribution in [1.29, 1.82) is 5.26 Å². The highest BCUT2D eigenvalue weighted by molar-refractivity contribution is 5.98. The van der Waals surface area contributed by atoms with Gasteiger partial charge in [0.1, 0.15) is 6.04 Å². The zero-order valence-electron chi connectivity index (χ0n) is 14.3. The van der Waals surface area contributed by atoms with Gasteiger partial charge in [0, 0.05) is 17.9 Å². The second-order valence-corrected chi connectivity index (χ2v) is 6.14. The van der Waals surface area contributed by atoms with Gasteiger partial charge in [-0.2, -0.15) is 5.26 Å². The summed E-state index contributed by atoms with van der Waals surface area (Å²) < 4.78 is 0. The summed E-state index contributed by atoms with van der Waals surface area (Å²) in [6, 6.07) is 17.8. The first kappa shape index (κ1) is 17.5. The number of para-hydroxylation sites is 1.